The number of halogens is 1. The Bertz CT molecular complexity index is 1040. The van der Waals surface area contributed by atoms with E-state index in [4.69, 9.17) is 11.6 Å². The normalized spacial score (nSPS) is 30.1. The molecule has 37 heavy (non-hydrogen) atoms. The lowest BCUT2D eigenvalue weighted by Crippen LogP contribution is -2.60. The molecule has 1 saturated carbocycles. The SMILES string of the molecule is CC(=O)N1CCCC12CCC(C(=O)N[C@@H](C(=O)N1CC[C@](O)(c3ccc(Cl)cc3)C(C)(C)C1)C(C)C)C2. The predicted octanol–water partition coefficient (Wildman–Crippen LogP) is 4.11. The van der Waals surface area contributed by atoms with Crippen LogP contribution in [0, 0.1) is 17.3 Å². The maximum absolute atomic E-state index is 13.7. The van der Waals surface area contributed by atoms with E-state index in [9.17, 15) is 19.5 Å². The molecule has 0 radical (unpaired) electrons. The summed E-state index contributed by atoms with van der Waals surface area (Å²) >= 11 is 6.05. The summed E-state index contributed by atoms with van der Waals surface area (Å²) < 4.78 is 0. The van der Waals surface area contributed by atoms with E-state index in [2.05, 4.69) is 5.32 Å². The van der Waals surface area contributed by atoms with Gasteiger partial charge in [-0.3, -0.25) is 14.4 Å². The predicted molar refractivity (Wildman–Crippen MR) is 144 cm³/mol. The number of nitrogens with zero attached hydrogens (tertiary/aromatic N) is 2. The molecule has 2 aliphatic heterocycles. The Labute approximate surface area is 225 Å². The van der Waals surface area contributed by atoms with Crippen LogP contribution >= 0.6 is 11.6 Å². The minimum atomic E-state index is -1.09. The van der Waals surface area contributed by atoms with Crippen molar-refractivity contribution in [1.29, 1.82) is 0 Å². The van der Waals surface area contributed by atoms with Gasteiger partial charge in [-0.1, -0.05) is 51.4 Å². The van der Waals surface area contributed by atoms with Crippen LogP contribution < -0.4 is 5.32 Å². The van der Waals surface area contributed by atoms with Crippen molar-refractivity contribution < 1.29 is 19.5 Å². The van der Waals surface area contributed by atoms with Crippen LogP contribution in [0.1, 0.15) is 78.7 Å². The maximum atomic E-state index is 13.7. The molecule has 2 heterocycles. The van der Waals surface area contributed by atoms with E-state index < -0.39 is 17.1 Å². The van der Waals surface area contributed by atoms with Crippen molar-refractivity contribution in [3.63, 3.8) is 0 Å². The van der Waals surface area contributed by atoms with Crippen molar-refractivity contribution in [3.8, 4) is 0 Å². The summed E-state index contributed by atoms with van der Waals surface area (Å²) in [5.41, 5.74) is -1.10. The third kappa shape index (κ3) is 5.14. The minimum Gasteiger partial charge on any atom is -0.384 e. The lowest BCUT2D eigenvalue weighted by atomic mass is 9.66. The van der Waals surface area contributed by atoms with Gasteiger partial charge in [0.2, 0.25) is 17.7 Å². The van der Waals surface area contributed by atoms with E-state index in [0.717, 1.165) is 37.8 Å². The number of benzene rings is 1. The first-order valence-electron chi connectivity index (χ1n) is 13.7. The van der Waals surface area contributed by atoms with Gasteiger partial charge in [-0.15, -0.1) is 0 Å². The van der Waals surface area contributed by atoms with Crippen molar-refractivity contribution in [2.75, 3.05) is 19.6 Å². The van der Waals surface area contributed by atoms with Crippen LogP contribution in [-0.2, 0) is 20.0 Å². The largest absolute Gasteiger partial charge is 0.384 e. The third-order valence-electron chi connectivity index (χ3n) is 9.25. The molecule has 3 fully saturated rings. The smallest absolute Gasteiger partial charge is 0.245 e. The Hall–Kier alpha value is -2.12. The molecule has 0 bridgehead atoms. The summed E-state index contributed by atoms with van der Waals surface area (Å²) in [4.78, 5) is 43.0. The first-order valence-corrected chi connectivity index (χ1v) is 14.0. The van der Waals surface area contributed by atoms with Gasteiger partial charge in [-0.05, 0) is 62.1 Å². The van der Waals surface area contributed by atoms with Crippen molar-refractivity contribution in [3.05, 3.63) is 34.9 Å². The van der Waals surface area contributed by atoms with Crippen LogP contribution in [0.2, 0.25) is 5.02 Å². The molecule has 1 aromatic rings. The van der Waals surface area contributed by atoms with Gasteiger partial charge in [0, 0.05) is 48.5 Å². The molecule has 204 valence electrons. The van der Waals surface area contributed by atoms with Crippen molar-refractivity contribution >= 4 is 29.3 Å². The summed E-state index contributed by atoms with van der Waals surface area (Å²) in [5, 5.41) is 15.4. The Morgan fingerprint density at radius 1 is 1.08 bits per heavy atom. The van der Waals surface area contributed by atoms with Crippen LogP contribution in [0.15, 0.2) is 24.3 Å². The lowest BCUT2D eigenvalue weighted by molar-refractivity contribution is -0.157. The molecule has 8 heteroatoms. The highest BCUT2D eigenvalue weighted by Gasteiger charge is 2.52. The molecule has 1 spiro atoms. The first kappa shape index (κ1) is 27.9. The van der Waals surface area contributed by atoms with Crippen LogP contribution in [0.25, 0.3) is 0 Å². The van der Waals surface area contributed by atoms with E-state index in [1.807, 2.05) is 44.7 Å². The summed E-state index contributed by atoms with van der Waals surface area (Å²) in [6, 6.07) is 6.63. The standard InChI is InChI=1S/C29H42ClN3O4/c1-19(2)24(31-25(35)21-11-13-28(17-21)12-6-15-33(28)20(3)34)26(36)32-16-14-29(37,27(4,5)18-32)22-7-9-23(30)10-8-22/h7-10,19,21,24,37H,6,11-18H2,1-5H3,(H,31,35)/t21?,24-,28?,29+/m1/s1. The van der Waals surface area contributed by atoms with Gasteiger partial charge in [0.25, 0.3) is 0 Å². The van der Waals surface area contributed by atoms with E-state index in [-0.39, 0.29) is 35.1 Å². The summed E-state index contributed by atoms with van der Waals surface area (Å²) in [6.45, 7) is 11.0. The zero-order valence-corrected chi connectivity index (χ0v) is 23.6. The number of carbonyl (C=O) groups excluding carboxylic acids is 3. The van der Waals surface area contributed by atoms with Gasteiger partial charge >= 0.3 is 0 Å². The first-order chi connectivity index (χ1) is 17.3. The number of aliphatic hydroxyl groups is 1. The molecular formula is C29H42ClN3O4. The van der Waals surface area contributed by atoms with Gasteiger partial charge in [0.05, 0.1) is 5.60 Å². The zero-order valence-electron chi connectivity index (χ0n) is 22.8. The highest BCUT2D eigenvalue weighted by molar-refractivity contribution is 6.30. The highest BCUT2D eigenvalue weighted by atomic mass is 35.5. The fourth-order valence-corrected chi connectivity index (χ4v) is 7.11. The number of amides is 3. The molecule has 4 atom stereocenters. The Balaban J connectivity index is 1.43. The van der Waals surface area contributed by atoms with Crippen molar-refractivity contribution in [1.82, 2.24) is 15.1 Å². The average Bonchev–Trinajstić information content (AvgIpc) is 3.46. The third-order valence-corrected chi connectivity index (χ3v) is 9.50. The van der Waals surface area contributed by atoms with Gasteiger partial charge in [-0.25, -0.2) is 0 Å². The molecule has 3 amide bonds. The summed E-state index contributed by atoms with van der Waals surface area (Å²) in [5.74, 6) is -0.379. The molecular weight excluding hydrogens is 490 g/mol. The number of carbonyl (C=O) groups is 3. The maximum Gasteiger partial charge on any atom is 0.245 e. The van der Waals surface area contributed by atoms with E-state index >= 15 is 0 Å². The molecule has 2 unspecified atom stereocenters. The van der Waals surface area contributed by atoms with Crippen LogP contribution in [0.4, 0.5) is 0 Å². The van der Waals surface area contributed by atoms with E-state index in [1.54, 1.807) is 24.0 Å². The molecule has 1 aromatic carbocycles. The number of likely N-dealkylation sites (tertiary alicyclic amines) is 2. The molecule has 4 rings (SSSR count). The molecule has 2 saturated heterocycles. The number of hydrogen-bond acceptors (Lipinski definition) is 4. The molecule has 0 aromatic heterocycles. The Kier molecular flexibility index (Phi) is 7.70. The number of nitrogens with one attached hydrogen (secondary N) is 1. The topological polar surface area (TPSA) is 90.0 Å². The second kappa shape index (κ2) is 10.2. The number of piperidine rings is 1. The Morgan fingerprint density at radius 3 is 2.35 bits per heavy atom. The monoisotopic (exact) mass is 531 g/mol. The van der Waals surface area contributed by atoms with E-state index in [0.29, 0.717) is 31.0 Å². The average molecular weight is 532 g/mol. The molecule has 1 aliphatic carbocycles. The molecule has 3 aliphatic rings. The fourth-order valence-electron chi connectivity index (χ4n) is 6.98. The number of rotatable bonds is 5. The van der Waals surface area contributed by atoms with Crippen LogP contribution in [0.3, 0.4) is 0 Å². The van der Waals surface area contributed by atoms with E-state index in [1.165, 1.54) is 0 Å². The second-order valence-corrected chi connectivity index (χ2v) is 12.9. The van der Waals surface area contributed by atoms with Gasteiger partial charge in [0.15, 0.2) is 0 Å². The van der Waals surface area contributed by atoms with Gasteiger partial charge in [-0.2, -0.15) is 0 Å². The second-order valence-electron chi connectivity index (χ2n) is 12.4. The Morgan fingerprint density at radius 2 is 1.76 bits per heavy atom. The number of hydrogen-bond donors (Lipinski definition) is 2. The van der Waals surface area contributed by atoms with Crippen LogP contribution in [-0.4, -0.2) is 63.8 Å². The van der Waals surface area contributed by atoms with Crippen LogP contribution in [0.5, 0.6) is 0 Å². The minimum absolute atomic E-state index is 0.0767. The quantitative estimate of drug-likeness (QED) is 0.598. The fraction of sp³-hybridized carbons (Fsp3) is 0.690. The highest BCUT2D eigenvalue weighted by Crippen LogP contribution is 2.47. The summed E-state index contributed by atoms with van der Waals surface area (Å²) in [6.07, 6.45) is 4.57. The van der Waals surface area contributed by atoms with Gasteiger partial charge < -0.3 is 20.2 Å². The molecule has 2 N–H and O–H groups in total. The van der Waals surface area contributed by atoms with Crippen molar-refractivity contribution in [2.24, 2.45) is 17.3 Å². The molecule has 7 nitrogen and oxygen atoms in total. The lowest BCUT2D eigenvalue weighted by Gasteiger charge is -2.51. The van der Waals surface area contributed by atoms with Gasteiger partial charge in [0.1, 0.15) is 6.04 Å². The van der Waals surface area contributed by atoms with Crippen molar-refractivity contribution in [2.45, 2.75) is 90.3 Å². The zero-order chi connectivity index (χ0) is 27.2. The summed E-state index contributed by atoms with van der Waals surface area (Å²) in [7, 11) is 0.